The van der Waals surface area contributed by atoms with E-state index in [1.807, 2.05) is 0 Å². The molecule has 1 N–H and O–H groups in total. The van der Waals surface area contributed by atoms with Crippen LogP contribution >= 0.6 is 12.8 Å². The van der Waals surface area contributed by atoms with E-state index < -0.39 is 0 Å². The molecule has 0 aliphatic carbocycles. The molecule has 1 saturated heterocycles. The van der Waals surface area contributed by atoms with Gasteiger partial charge in [0, 0.05) is 32.8 Å². The Bertz CT molecular complexity index is 193. The maximum atomic E-state index is 5.70. The van der Waals surface area contributed by atoms with Gasteiger partial charge in [-0.25, -0.2) is 0 Å². The van der Waals surface area contributed by atoms with Crippen molar-refractivity contribution in [3.63, 3.8) is 0 Å². The lowest BCUT2D eigenvalue weighted by Gasteiger charge is -2.33. The van der Waals surface area contributed by atoms with Crippen LogP contribution in [0.5, 0.6) is 0 Å². The molecule has 1 rings (SSSR count). The van der Waals surface area contributed by atoms with Gasteiger partial charge in [-0.2, -0.15) is 0 Å². The van der Waals surface area contributed by atoms with Crippen LogP contribution in [-0.4, -0.2) is 57.0 Å². The molecule has 5 heteroatoms. The molecule has 0 amide bonds. The lowest BCUT2D eigenvalue weighted by molar-refractivity contribution is -0.0711. The predicted molar refractivity (Wildman–Crippen MR) is 73.4 cm³/mol. The predicted octanol–water partition coefficient (Wildman–Crippen LogP) is 1.18. The quantitative estimate of drug-likeness (QED) is 0.508. The molecule has 17 heavy (non-hydrogen) atoms. The zero-order valence-electron chi connectivity index (χ0n) is 11.0. The van der Waals surface area contributed by atoms with E-state index in [9.17, 15) is 0 Å². The summed E-state index contributed by atoms with van der Waals surface area (Å²) in [7, 11) is 0. The average molecular weight is 262 g/mol. The summed E-state index contributed by atoms with van der Waals surface area (Å²) in [5.74, 6) is 0.719. The minimum atomic E-state index is 0.242. The Balaban J connectivity index is 2.08. The van der Waals surface area contributed by atoms with E-state index >= 15 is 0 Å². The highest BCUT2D eigenvalue weighted by molar-refractivity contribution is 7.78. The maximum absolute atomic E-state index is 5.70. The molecular weight excluding hydrogens is 236 g/mol. The summed E-state index contributed by atoms with van der Waals surface area (Å²) in [4.78, 5) is 2.47. The SMILES string of the molecule is CC(C)CN1CCO[C@@H](COCCCNS)C1. The largest absolute Gasteiger partial charge is 0.379 e. The summed E-state index contributed by atoms with van der Waals surface area (Å²) in [6.45, 7) is 10.9. The van der Waals surface area contributed by atoms with Crippen LogP contribution in [0.4, 0.5) is 0 Å². The van der Waals surface area contributed by atoms with Gasteiger partial charge in [-0.05, 0) is 12.3 Å². The number of hydrogen-bond acceptors (Lipinski definition) is 5. The number of morpholine rings is 1. The third-order valence-corrected chi connectivity index (χ3v) is 2.95. The van der Waals surface area contributed by atoms with Crippen LogP contribution in [0.3, 0.4) is 0 Å². The van der Waals surface area contributed by atoms with Crippen molar-refractivity contribution in [1.82, 2.24) is 9.62 Å². The topological polar surface area (TPSA) is 33.7 Å². The van der Waals surface area contributed by atoms with Crippen molar-refractivity contribution < 1.29 is 9.47 Å². The van der Waals surface area contributed by atoms with Gasteiger partial charge in [-0.3, -0.25) is 9.62 Å². The van der Waals surface area contributed by atoms with Crippen LogP contribution in [0.25, 0.3) is 0 Å². The molecule has 1 heterocycles. The van der Waals surface area contributed by atoms with Crippen molar-refractivity contribution in [2.45, 2.75) is 26.4 Å². The second-order valence-electron chi connectivity index (χ2n) is 4.98. The molecule has 1 atom stereocenters. The Morgan fingerprint density at radius 1 is 1.53 bits per heavy atom. The molecule has 1 aliphatic heterocycles. The molecule has 0 aromatic rings. The van der Waals surface area contributed by atoms with Crippen molar-refractivity contribution in [3.8, 4) is 0 Å². The van der Waals surface area contributed by atoms with Crippen molar-refractivity contribution in [2.24, 2.45) is 5.92 Å². The van der Waals surface area contributed by atoms with Gasteiger partial charge in [0.15, 0.2) is 0 Å². The van der Waals surface area contributed by atoms with Gasteiger partial charge >= 0.3 is 0 Å². The fraction of sp³-hybridized carbons (Fsp3) is 1.00. The van der Waals surface area contributed by atoms with Crippen molar-refractivity contribution >= 4 is 12.8 Å². The summed E-state index contributed by atoms with van der Waals surface area (Å²) in [6.07, 6.45) is 1.23. The zero-order chi connectivity index (χ0) is 12.5. The Hall–Kier alpha value is 0.190. The number of rotatable bonds is 8. The molecule has 1 fully saturated rings. The third-order valence-electron chi connectivity index (χ3n) is 2.73. The molecule has 1 aliphatic rings. The van der Waals surface area contributed by atoms with Crippen molar-refractivity contribution in [2.75, 3.05) is 46.0 Å². The van der Waals surface area contributed by atoms with Crippen molar-refractivity contribution in [1.29, 1.82) is 0 Å². The summed E-state index contributed by atoms with van der Waals surface area (Å²) in [6, 6.07) is 0. The van der Waals surface area contributed by atoms with Crippen molar-refractivity contribution in [3.05, 3.63) is 0 Å². The number of hydrogen-bond donors (Lipinski definition) is 2. The van der Waals surface area contributed by atoms with Gasteiger partial charge in [0.05, 0.1) is 19.3 Å². The first-order valence-electron chi connectivity index (χ1n) is 6.51. The molecule has 102 valence electrons. The van der Waals surface area contributed by atoms with E-state index in [-0.39, 0.29) is 6.10 Å². The highest BCUT2D eigenvalue weighted by Crippen LogP contribution is 2.08. The van der Waals surface area contributed by atoms with Crippen LogP contribution in [0.15, 0.2) is 0 Å². The highest BCUT2D eigenvalue weighted by atomic mass is 32.1. The van der Waals surface area contributed by atoms with Crippen LogP contribution in [0.2, 0.25) is 0 Å². The fourth-order valence-corrected chi connectivity index (χ4v) is 2.19. The fourth-order valence-electron chi connectivity index (χ4n) is 2.03. The molecule has 0 unspecified atom stereocenters. The van der Waals surface area contributed by atoms with Gasteiger partial charge in [0.25, 0.3) is 0 Å². The van der Waals surface area contributed by atoms with E-state index in [1.165, 1.54) is 0 Å². The second-order valence-corrected chi connectivity index (χ2v) is 5.30. The smallest absolute Gasteiger partial charge is 0.0935 e. The monoisotopic (exact) mass is 262 g/mol. The first kappa shape index (κ1) is 15.2. The first-order valence-corrected chi connectivity index (χ1v) is 6.95. The Kier molecular flexibility index (Phi) is 8.22. The summed E-state index contributed by atoms with van der Waals surface area (Å²) in [5.41, 5.74) is 0. The van der Waals surface area contributed by atoms with Crippen LogP contribution in [-0.2, 0) is 9.47 Å². The molecule has 0 aromatic carbocycles. The number of nitrogens with one attached hydrogen (secondary N) is 1. The summed E-state index contributed by atoms with van der Waals surface area (Å²) < 4.78 is 14.1. The normalized spacial score (nSPS) is 22.2. The lowest BCUT2D eigenvalue weighted by Crippen LogP contribution is -2.45. The van der Waals surface area contributed by atoms with E-state index in [0.29, 0.717) is 6.61 Å². The van der Waals surface area contributed by atoms with Crippen LogP contribution in [0, 0.1) is 5.92 Å². The van der Waals surface area contributed by atoms with E-state index in [1.54, 1.807) is 0 Å². The van der Waals surface area contributed by atoms with Crippen LogP contribution in [0.1, 0.15) is 20.3 Å². The Morgan fingerprint density at radius 3 is 3.06 bits per heavy atom. The average Bonchev–Trinajstić information content (AvgIpc) is 2.28. The van der Waals surface area contributed by atoms with Gasteiger partial charge in [0.2, 0.25) is 0 Å². The zero-order valence-corrected chi connectivity index (χ0v) is 11.9. The molecule has 0 aromatic heterocycles. The number of nitrogens with zero attached hydrogens (tertiary/aromatic N) is 1. The van der Waals surface area contributed by atoms with E-state index in [0.717, 1.165) is 51.7 Å². The minimum Gasteiger partial charge on any atom is -0.379 e. The Labute approximate surface area is 111 Å². The molecular formula is C12H26N2O2S. The first-order chi connectivity index (χ1) is 8.22. The van der Waals surface area contributed by atoms with Gasteiger partial charge in [-0.15, -0.1) is 0 Å². The van der Waals surface area contributed by atoms with E-state index in [4.69, 9.17) is 9.47 Å². The molecule has 0 radical (unpaired) electrons. The number of ether oxygens (including phenoxy) is 2. The molecule has 0 saturated carbocycles. The van der Waals surface area contributed by atoms with E-state index in [2.05, 4.69) is 36.3 Å². The highest BCUT2D eigenvalue weighted by Gasteiger charge is 2.20. The summed E-state index contributed by atoms with van der Waals surface area (Å²) >= 11 is 3.93. The van der Waals surface area contributed by atoms with Gasteiger partial charge in [0.1, 0.15) is 0 Å². The Morgan fingerprint density at radius 2 is 2.35 bits per heavy atom. The van der Waals surface area contributed by atoms with Crippen LogP contribution < -0.4 is 4.72 Å². The minimum absolute atomic E-state index is 0.242. The molecule has 0 spiro atoms. The maximum Gasteiger partial charge on any atom is 0.0935 e. The standard InChI is InChI=1S/C12H26N2O2S/c1-11(2)8-14-5-7-16-12(9-14)10-15-6-3-4-13-17/h11-13,17H,3-10H2,1-2H3/t12-/m1/s1. The molecule has 0 bridgehead atoms. The lowest BCUT2D eigenvalue weighted by atomic mass is 10.2. The third kappa shape index (κ3) is 7.26. The van der Waals surface area contributed by atoms with Gasteiger partial charge < -0.3 is 9.47 Å². The molecule has 4 nitrogen and oxygen atoms in total. The summed E-state index contributed by atoms with van der Waals surface area (Å²) in [5, 5.41) is 0. The second kappa shape index (κ2) is 9.16. The number of thiol groups is 1. The van der Waals surface area contributed by atoms with Gasteiger partial charge in [-0.1, -0.05) is 26.7 Å².